The van der Waals surface area contributed by atoms with Crippen LogP contribution in [0.1, 0.15) is 17.5 Å². The third-order valence-electron chi connectivity index (χ3n) is 3.19. The number of hydrogen-bond donors (Lipinski definition) is 2. The summed E-state index contributed by atoms with van der Waals surface area (Å²) < 4.78 is 36.4. The van der Waals surface area contributed by atoms with E-state index < -0.39 is 12.6 Å². The summed E-state index contributed by atoms with van der Waals surface area (Å²) in [6.45, 7) is -0.197. The Balaban J connectivity index is 2.02. The van der Waals surface area contributed by atoms with Crippen molar-refractivity contribution in [3.8, 4) is 0 Å². The number of nitrogens with one attached hydrogen (secondary N) is 1. The number of rotatable bonds is 5. The van der Waals surface area contributed by atoms with Crippen LogP contribution in [0, 0.1) is 0 Å². The van der Waals surface area contributed by atoms with Gasteiger partial charge in [0, 0.05) is 11.6 Å². The molecular weight excluding hydrogens is 313 g/mol. The minimum atomic E-state index is -4.17. The fourth-order valence-electron chi connectivity index (χ4n) is 2.08. The van der Waals surface area contributed by atoms with Crippen molar-refractivity contribution in [1.29, 1.82) is 0 Å². The van der Waals surface area contributed by atoms with Gasteiger partial charge in [-0.3, -0.25) is 0 Å². The summed E-state index contributed by atoms with van der Waals surface area (Å²) in [4.78, 5) is 0. The van der Waals surface area contributed by atoms with Gasteiger partial charge in [0.25, 0.3) is 0 Å². The van der Waals surface area contributed by atoms with Gasteiger partial charge in [-0.05, 0) is 35.7 Å². The van der Waals surface area contributed by atoms with Crippen LogP contribution in [0.25, 0.3) is 0 Å². The monoisotopic (exact) mass is 328 g/mol. The summed E-state index contributed by atoms with van der Waals surface area (Å²) in [5, 5.41) is 3.38. The van der Waals surface area contributed by atoms with Crippen LogP contribution in [0.4, 0.5) is 24.5 Å². The second-order valence-corrected chi connectivity index (χ2v) is 5.39. The van der Waals surface area contributed by atoms with Crippen molar-refractivity contribution in [3.05, 3.63) is 58.6 Å². The zero-order valence-electron chi connectivity index (χ0n) is 11.8. The highest BCUT2D eigenvalue weighted by Gasteiger charge is 2.26. The van der Waals surface area contributed by atoms with E-state index in [9.17, 15) is 13.2 Å². The molecule has 0 saturated carbocycles. The normalized spacial score (nSPS) is 11.5. The minimum Gasteiger partial charge on any atom is -0.397 e. The number of nitrogens with two attached hydrogens (primary N) is 1. The van der Waals surface area contributed by atoms with Crippen LogP contribution in [-0.4, -0.2) is 12.7 Å². The summed E-state index contributed by atoms with van der Waals surface area (Å²) in [7, 11) is 0. The Labute approximate surface area is 132 Å². The maximum atomic E-state index is 12.1. The van der Waals surface area contributed by atoms with Gasteiger partial charge in [-0.1, -0.05) is 35.9 Å². The molecule has 2 aromatic rings. The molecule has 0 heterocycles. The average Bonchev–Trinajstić information content (AvgIpc) is 2.42. The molecule has 0 bridgehead atoms. The summed E-state index contributed by atoms with van der Waals surface area (Å²) in [5.41, 5.74) is 8.74. The van der Waals surface area contributed by atoms with E-state index in [2.05, 4.69) is 5.32 Å². The Bertz CT molecular complexity index is 642. The second kappa shape index (κ2) is 6.92. The first kappa shape index (κ1) is 16.5. The van der Waals surface area contributed by atoms with Crippen molar-refractivity contribution >= 4 is 23.0 Å². The van der Waals surface area contributed by atoms with Gasteiger partial charge in [0.15, 0.2) is 0 Å². The molecule has 0 saturated heterocycles. The molecule has 6 heteroatoms. The number of anilines is 2. The highest BCUT2D eigenvalue weighted by atomic mass is 35.5. The molecule has 0 aliphatic heterocycles. The van der Waals surface area contributed by atoms with E-state index in [1.807, 2.05) is 30.3 Å². The third kappa shape index (κ3) is 4.84. The van der Waals surface area contributed by atoms with Crippen LogP contribution < -0.4 is 11.1 Å². The van der Waals surface area contributed by atoms with Crippen molar-refractivity contribution in [2.75, 3.05) is 17.6 Å². The van der Waals surface area contributed by atoms with Gasteiger partial charge in [-0.2, -0.15) is 13.2 Å². The first-order valence-corrected chi connectivity index (χ1v) is 7.15. The van der Waals surface area contributed by atoms with Gasteiger partial charge in [-0.15, -0.1) is 0 Å². The van der Waals surface area contributed by atoms with Gasteiger partial charge >= 0.3 is 6.18 Å². The lowest BCUT2D eigenvalue weighted by atomic mass is 10.0. The van der Waals surface area contributed by atoms with Gasteiger partial charge in [0.05, 0.1) is 17.8 Å². The number of halogens is 4. The predicted molar refractivity (Wildman–Crippen MR) is 84.3 cm³/mol. The fraction of sp³-hybridized carbons (Fsp3) is 0.250. The number of nitrogen functional groups attached to an aromatic ring is 1. The highest BCUT2D eigenvalue weighted by Crippen LogP contribution is 2.25. The smallest absolute Gasteiger partial charge is 0.390 e. The highest BCUT2D eigenvalue weighted by molar-refractivity contribution is 6.31. The van der Waals surface area contributed by atoms with Crippen LogP contribution in [0.15, 0.2) is 42.5 Å². The molecule has 0 aliphatic carbocycles. The van der Waals surface area contributed by atoms with Crippen LogP contribution in [-0.2, 0) is 6.42 Å². The Morgan fingerprint density at radius 2 is 1.82 bits per heavy atom. The molecule has 0 unspecified atom stereocenters. The number of alkyl halides is 3. The zero-order valence-corrected chi connectivity index (χ0v) is 12.5. The van der Waals surface area contributed by atoms with E-state index in [0.29, 0.717) is 22.8 Å². The average molecular weight is 329 g/mol. The first-order valence-electron chi connectivity index (χ1n) is 6.77. The minimum absolute atomic E-state index is 0.197. The molecule has 0 aliphatic rings. The van der Waals surface area contributed by atoms with E-state index in [-0.39, 0.29) is 6.54 Å². The molecule has 2 nitrogen and oxygen atoms in total. The van der Waals surface area contributed by atoms with Crippen molar-refractivity contribution in [2.45, 2.75) is 19.0 Å². The van der Waals surface area contributed by atoms with E-state index >= 15 is 0 Å². The maximum Gasteiger partial charge on any atom is 0.390 e. The fourth-order valence-corrected chi connectivity index (χ4v) is 2.29. The molecule has 3 N–H and O–H groups in total. The molecule has 0 amide bonds. The topological polar surface area (TPSA) is 38.0 Å². The van der Waals surface area contributed by atoms with Crippen molar-refractivity contribution in [3.63, 3.8) is 0 Å². The SMILES string of the molecule is Nc1cc(Cc2ccccc2Cl)ccc1NCCC(F)(F)F. The van der Waals surface area contributed by atoms with E-state index in [1.165, 1.54) is 0 Å². The summed E-state index contributed by atoms with van der Waals surface area (Å²) in [5.74, 6) is 0. The van der Waals surface area contributed by atoms with Crippen LogP contribution in [0.5, 0.6) is 0 Å². The van der Waals surface area contributed by atoms with Crippen LogP contribution in [0.2, 0.25) is 5.02 Å². The lowest BCUT2D eigenvalue weighted by Crippen LogP contribution is -2.15. The first-order chi connectivity index (χ1) is 10.3. The molecule has 0 spiro atoms. The van der Waals surface area contributed by atoms with Crippen molar-refractivity contribution in [2.24, 2.45) is 0 Å². The largest absolute Gasteiger partial charge is 0.397 e. The third-order valence-corrected chi connectivity index (χ3v) is 3.56. The number of hydrogen-bond acceptors (Lipinski definition) is 2. The van der Waals surface area contributed by atoms with Gasteiger partial charge < -0.3 is 11.1 Å². The molecule has 0 aromatic heterocycles. The Morgan fingerprint density at radius 1 is 1.09 bits per heavy atom. The molecule has 118 valence electrons. The molecule has 0 fully saturated rings. The zero-order chi connectivity index (χ0) is 16.2. The van der Waals surface area contributed by atoms with E-state index in [4.69, 9.17) is 17.3 Å². The second-order valence-electron chi connectivity index (χ2n) is 4.98. The lowest BCUT2D eigenvalue weighted by molar-refractivity contribution is -0.131. The molecule has 0 atom stereocenters. The maximum absolute atomic E-state index is 12.1. The Hall–Kier alpha value is -1.88. The molecule has 2 rings (SSSR count). The quantitative estimate of drug-likeness (QED) is 0.768. The van der Waals surface area contributed by atoms with Crippen molar-refractivity contribution in [1.82, 2.24) is 0 Å². The standard InChI is InChI=1S/C16H16ClF3N2/c17-13-4-2-1-3-12(13)9-11-5-6-15(14(21)10-11)22-8-7-16(18,19)20/h1-6,10,22H,7-9,21H2. The molecule has 2 aromatic carbocycles. The molecule has 22 heavy (non-hydrogen) atoms. The van der Waals surface area contributed by atoms with E-state index in [0.717, 1.165) is 11.1 Å². The van der Waals surface area contributed by atoms with Crippen LogP contribution >= 0.6 is 11.6 Å². The van der Waals surface area contributed by atoms with Gasteiger partial charge in [-0.25, -0.2) is 0 Å². The lowest BCUT2D eigenvalue weighted by Gasteiger charge is -2.12. The summed E-state index contributed by atoms with van der Waals surface area (Å²) >= 11 is 6.11. The molecule has 0 radical (unpaired) electrons. The molecular formula is C16H16ClF3N2. The van der Waals surface area contributed by atoms with E-state index in [1.54, 1.807) is 12.1 Å². The van der Waals surface area contributed by atoms with Crippen molar-refractivity contribution < 1.29 is 13.2 Å². The summed E-state index contributed by atoms with van der Waals surface area (Å²) in [6.07, 6.45) is -4.45. The van der Waals surface area contributed by atoms with Gasteiger partial charge in [0.1, 0.15) is 0 Å². The van der Waals surface area contributed by atoms with Crippen LogP contribution in [0.3, 0.4) is 0 Å². The predicted octanol–water partition coefficient (Wildman–Crippen LogP) is 4.88. The summed E-state index contributed by atoms with van der Waals surface area (Å²) in [6, 6.07) is 12.8. The number of benzene rings is 2. The van der Waals surface area contributed by atoms with Gasteiger partial charge in [0.2, 0.25) is 0 Å². The Morgan fingerprint density at radius 3 is 2.45 bits per heavy atom. The Kier molecular flexibility index (Phi) is 5.19.